The number of nitrogens with one attached hydrogen (secondary N) is 1. The number of rotatable bonds is 1. The third-order valence-corrected chi connectivity index (χ3v) is 2.71. The minimum absolute atomic E-state index is 0.456. The van der Waals surface area contributed by atoms with Crippen molar-refractivity contribution < 1.29 is 8.67 Å². The molecule has 0 saturated heterocycles. The lowest BCUT2D eigenvalue weighted by Gasteiger charge is -2.29. The molecule has 0 radical (unpaired) electrons. The molecule has 0 fully saturated rings. The van der Waals surface area contributed by atoms with Gasteiger partial charge in [-0.25, -0.2) is 0 Å². The summed E-state index contributed by atoms with van der Waals surface area (Å²) in [7, 11) is 0. The Kier molecular flexibility index (Phi) is 2.05. The van der Waals surface area contributed by atoms with Crippen LogP contribution in [0.4, 0.5) is 0 Å². The molecule has 0 bridgehead atoms. The Hall–Kier alpha value is 0.270. The summed E-state index contributed by atoms with van der Waals surface area (Å²) in [5, 5.41) is 0. The van der Waals surface area contributed by atoms with Crippen molar-refractivity contribution in [3.63, 3.8) is 0 Å². The van der Waals surface area contributed by atoms with Gasteiger partial charge in [0.25, 0.3) is 0 Å². The quantitative estimate of drug-likeness (QED) is 0.625. The summed E-state index contributed by atoms with van der Waals surface area (Å²) in [6, 6.07) is 0. The highest BCUT2D eigenvalue weighted by Crippen LogP contribution is 2.16. The van der Waals surface area contributed by atoms with E-state index in [4.69, 9.17) is 4.11 Å². The van der Waals surface area contributed by atoms with Gasteiger partial charge in [-0.3, -0.25) is 0 Å². The molecule has 0 amide bonds. The summed E-state index contributed by atoms with van der Waals surface area (Å²) in [5.41, 5.74) is -1.13. The first-order valence-electron chi connectivity index (χ1n) is 5.07. The van der Waals surface area contributed by atoms with Crippen molar-refractivity contribution in [2.24, 2.45) is 0 Å². The third kappa shape index (κ3) is 5.53. The second-order valence-corrected chi connectivity index (χ2v) is 6.07. The van der Waals surface area contributed by atoms with Crippen LogP contribution in [0, 0.1) is 0 Å². The predicted octanol–water partition coefficient (Wildman–Crippen LogP) is 1.84. The molecule has 11 heavy (non-hydrogen) atoms. The second-order valence-electron chi connectivity index (χ2n) is 4.11. The summed E-state index contributed by atoms with van der Waals surface area (Å²) in [6.45, 7) is 6.30. The Morgan fingerprint density at radius 1 is 1.27 bits per heavy atom. The molecule has 0 aromatic carbocycles. The van der Waals surface area contributed by atoms with Gasteiger partial charge in [-0.2, -0.15) is 0 Å². The van der Waals surface area contributed by atoms with Gasteiger partial charge in [0.15, 0.2) is 0 Å². The number of hydrogen-bond donors (Lipinski definition) is 1. The fourth-order valence-electron chi connectivity index (χ4n) is 0.385. The minimum Gasteiger partial charge on any atom is -0.598 e. The number of hydrogen-bond acceptors (Lipinski definition) is 2. The molecular formula is C8H19NOS. The smallest absolute Gasteiger partial charge is 0.136 e. The van der Waals surface area contributed by atoms with Crippen LogP contribution >= 0.6 is 0 Å². The molecule has 0 spiro atoms. The van der Waals surface area contributed by atoms with Gasteiger partial charge in [-0.15, -0.1) is 4.72 Å². The van der Waals surface area contributed by atoms with Gasteiger partial charge in [0.05, 0.1) is 5.54 Å². The SMILES string of the molecule is [2H]C([2H])([2H])C(C)(C)N[S+]([O-])C(C)(C)C. The van der Waals surface area contributed by atoms with Crippen LogP contribution in [-0.4, -0.2) is 14.8 Å². The summed E-state index contributed by atoms with van der Waals surface area (Å²) in [4.78, 5) is 0. The molecule has 1 atom stereocenters. The van der Waals surface area contributed by atoms with Crippen molar-refractivity contribution in [3.05, 3.63) is 0 Å². The summed E-state index contributed by atoms with van der Waals surface area (Å²) >= 11 is -1.36. The van der Waals surface area contributed by atoms with E-state index >= 15 is 0 Å². The molecule has 0 heterocycles. The molecule has 1 N–H and O–H groups in total. The second kappa shape index (κ2) is 3.33. The van der Waals surface area contributed by atoms with Gasteiger partial charge < -0.3 is 4.55 Å². The van der Waals surface area contributed by atoms with Crippen LogP contribution in [0.25, 0.3) is 0 Å². The molecule has 0 rings (SSSR count). The van der Waals surface area contributed by atoms with Crippen molar-refractivity contribution in [2.45, 2.75) is 51.8 Å². The largest absolute Gasteiger partial charge is 0.598 e. The first kappa shape index (κ1) is 6.75. The van der Waals surface area contributed by atoms with E-state index in [2.05, 4.69) is 4.72 Å². The highest BCUT2D eigenvalue weighted by Gasteiger charge is 2.30. The zero-order valence-electron chi connectivity index (χ0n) is 10.8. The Balaban J connectivity index is 4.53. The molecule has 68 valence electrons. The highest BCUT2D eigenvalue weighted by molar-refractivity contribution is 7.90. The Morgan fingerprint density at radius 2 is 1.73 bits per heavy atom. The lowest BCUT2D eigenvalue weighted by molar-refractivity contribution is 0.473. The maximum atomic E-state index is 11.7. The van der Waals surface area contributed by atoms with E-state index in [1.807, 2.05) is 0 Å². The van der Waals surface area contributed by atoms with E-state index in [0.717, 1.165) is 0 Å². The monoisotopic (exact) mass is 180 g/mol. The van der Waals surface area contributed by atoms with Crippen LogP contribution in [0.1, 0.15) is 45.6 Å². The van der Waals surface area contributed by atoms with E-state index in [0.29, 0.717) is 0 Å². The lowest BCUT2D eigenvalue weighted by Crippen LogP contribution is -2.48. The van der Waals surface area contributed by atoms with Gasteiger partial charge >= 0.3 is 0 Å². The zero-order valence-corrected chi connectivity index (χ0v) is 8.63. The van der Waals surface area contributed by atoms with Crippen molar-refractivity contribution >= 4 is 11.4 Å². The Morgan fingerprint density at radius 3 is 2.00 bits per heavy atom. The van der Waals surface area contributed by atoms with Gasteiger partial charge in [-0.1, -0.05) is 0 Å². The average Bonchev–Trinajstić information content (AvgIpc) is 1.80. The molecule has 0 aromatic rings. The first-order chi connectivity index (χ1) is 5.88. The van der Waals surface area contributed by atoms with Gasteiger partial charge in [0.2, 0.25) is 0 Å². The average molecular weight is 180 g/mol. The van der Waals surface area contributed by atoms with Crippen molar-refractivity contribution in [3.8, 4) is 0 Å². The third-order valence-electron chi connectivity index (χ3n) is 0.904. The molecule has 3 heteroatoms. The van der Waals surface area contributed by atoms with Crippen LogP contribution in [0.2, 0.25) is 0 Å². The van der Waals surface area contributed by atoms with Crippen LogP contribution in [0.15, 0.2) is 0 Å². The van der Waals surface area contributed by atoms with Crippen molar-refractivity contribution in [2.75, 3.05) is 0 Å². The van der Waals surface area contributed by atoms with Gasteiger partial charge in [0, 0.05) is 15.5 Å². The van der Waals surface area contributed by atoms with Crippen LogP contribution in [-0.2, 0) is 11.4 Å². The topological polar surface area (TPSA) is 35.1 Å². The van der Waals surface area contributed by atoms with Gasteiger partial charge in [-0.05, 0) is 41.5 Å². The fraction of sp³-hybridized carbons (Fsp3) is 1.00. The minimum atomic E-state index is -2.16. The van der Waals surface area contributed by atoms with E-state index in [-0.39, 0.29) is 0 Å². The standard InChI is InChI=1S/C8H19NOS/c1-7(2,3)9-11(10)8(4,5)6/h9H,1-6H3/i1D3. The molecular weight excluding hydrogens is 158 g/mol. The van der Waals surface area contributed by atoms with E-state index < -0.39 is 28.5 Å². The fourth-order valence-corrected chi connectivity index (χ4v) is 1.15. The maximum Gasteiger partial charge on any atom is 0.136 e. The first-order valence-corrected chi connectivity index (χ1v) is 4.72. The summed E-state index contributed by atoms with van der Waals surface area (Å²) in [6.07, 6.45) is 0. The molecule has 0 saturated carbocycles. The van der Waals surface area contributed by atoms with E-state index in [9.17, 15) is 4.55 Å². The molecule has 0 aromatic heterocycles. The molecule has 2 nitrogen and oxygen atoms in total. The molecule has 0 aliphatic carbocycles. The zero-order chi connectivity index (χ0) is 11.8. The normalized spacial score (nSPS) is 21.8. The Bertz CT molecular complexity index is 198. The van der Waals surface area contributed by atoms with E-state index in [1.165, 1.54) is 13.8 Å². The van der Waals surface area contributed by atoms with Crippen LogP contribution in [0.3, 0.4) is 0 Å². The molecule has 0 aliphatic heterocycles. The molecule has 0 aliphatic rings. The van der Waals surface area contributed by atoms with Crippen LogP contribution < -0.4 is 4.72 Å². The van der Waals surface area contributed by atoms with E-state index in [1.54, 1.807) is 20.8 Å². The van der Waals surface area contributed by atoms with Crippen molar-refractivity contribution in [1.29, 1.82) is 0 Å². The Labute approximate surface area is 77.3 Å². The predicted molar refractivity (Wildman–Crippen MR) is 50.8 cm³/mol. The van der Waals surface area contributed by atoms with Crippen LogP contribution in [0.5, 0.6) is 0 Å². The summed E-state index contributed by atoms with van der Waals surface area (Å²) in [5.74, 6) is 0. The lowest BCUT2D eigenvalue weighted by atomic mass is 10.1. The highest BCUT2D eigenvalue weighted by atomic mass is 32.2. The van der Waals surface area contributed by atoms with Gasteiger partial charge in [0.1, 0.15) is 4.75 Å². The summed E-state index contributed by atoms with van der Waals surface area (Å²) < 4.78 is 35.7. The molecule has 1 unspecified atom stereocenters. The van der Waals surface area contributed by atoms with Crippen molar-refractivity contribution in [1.82, 2.24) is 4.72 Å². The maximum absolute atomic E-state index is 11.7.